The normalized spacial score (nSPS) is 45.8. The molecule has 0 spiro atoms. The molecule has 4 aliphatic carbocycles. The van der Waals surface area contributed by atoms with E-state index in [1.807, 2.05) is 0 Å². The Labute approximate surface area is 115 Å². The van der Waals surface area contributed by atoms with Crippen LogP contribution < -0.4 is 10.6 Å². The lowest BCUT2D eigenvalue weighted by molar-refractivity contribution is -0.132. The molecule has 106 valence electrons. The largest absolute Gasteiger partial charge is 0.350 e. The third kappa shape index (κ3) is 2.01. The molecule has 1 amide bonds. The molecular formula is C16H26N2O. The van der Waals surface area contributed by atoms with Gasteiger partial charge in [0.25, 0.3) is 0 Å². The first-order chi connectivity index (χ1) is 9.13. The van der Waals surface area contributed by atoms with Gasteiger partial charge in [-0.3, -0.25) is 4.79 Å². The predicted octanol–water partition coefficient (Wildman–Crippen LogP) is 1.93. The molecule has 0 aromatic rings. The van der Waals surface area contributed by atoms with Gasteiger partial charge in [-0.2, -0.15) is 0 Å². The van der Waals surface area contributed by atoms with Crippen LogP contribution in [-0.4, -0.2) is 24.5 Å². The first-order valence-electron chi connectivity index (χ1n) is 8.16. The van der Waals surface area contributed by atoms with E-state index in [1.165, 1.54) is 38.5 Å². The van der Waals surface area contributed by atoms with Crippen LogP contribution in [0.3, 0.4) is 0 Å². The van der Waals surface area contributed by atoms with Crippen molar-refractivity contribution in [2.45, 2.75) is 51.0 Å². The Kier molecular flexibility index (Phi) is 2.70. The Morgan fingerprint density at radius 2 is 1.63 bits per heavy atom. The molecule has 4 bridgehead atoms. The second-order valence-corrected chi connectivity index (χ2v) is 7.89. The highest BCUT2D eigenvalue weighted by Gasteiger charge is 2.51. The Bertz CT molecular complexity index is 353. The highest BCUT2D eigenvalue weighted by molar-refractivity contribution is 5.79. The van der Waals surface area contributed by atoms with Gasteiger partial charge in [0.2, 0.25) is 5.91 Å². The average Bonchev–Trinajstić information content (AvgIpc) is 2.23. The van der Waals surface area contributed by atoms with Crippen LogP contribution >= 0.6 is 0 Å². The van der Waals surface area contributed by atoms with E-state index in [0.717, 1.165) is 30.8 Å². The van der Waals surface area contributed by atoms with Crippen LogP contribution in [0.25, 0.3) is 0 Å². The Hall–Kier alpha value is -0.570. The van der Waals surface area contributed by atoms with E-state index in [4.69, 9.17) is 0 Å². The molecule has 0 radical (unpaired) electrons. The van der Waals surface area contributed by atoms with Crippen molar-refractivity contribution in [3.8, 4) is 0 Å². The van der Waals surface area contributed by atoms with Gasteiger partial charge in [0.1, 0.15) is 0 Å². The molecule has 4 saturated carbocycles. The van der Waals surface area contributed by atoms with E-state index in [0.29, 0.717) is 11.8 Å². The first kappa shape index (κ1) is 12.2. The van der Waals surface area contributed by atoms with Crippen molar-refractivity contribution in [1.29, 1.82) is 0 Å². The Morgan fingerprint density at radius 3 is 2.05 bits per heavy atom. The summed E-state index contributed by atoms with van der Waals surface area (Å²) in [7, 11) is 0. The first-order valence-corrected chi connectivity index (χ1v) is 8.16. The van der Waals surface area contributed by atoms with E-state index >= 15 is 0 Å². The maximum absolute atomic E-state index is 12.5. The van der Waals surface area contributed by atoms with E-state index in [-0.39, 0.29) is 11.5 Å². The zero-order valence-corrected chi connectivity index (χ0v) is 12.0. The van der Waals surface area contributed by atoms with Crippen molar-refractivity contribution in [1.82, 2.24) is 10.6 Å². The maximum Gasteiger partial charge on any atom is 0.223 e. The number of amides is 1. The summed E-state index contributed by atoms with van der Waals surface area (Å²) in [5, 5.41) is 6.78. The van der Waals surface area contributed by atoms with Gasteiger partial charge in [0.05, 0.1) is 0 Å². The maximum atomic E-state index is 12.5. The van der Waals surface area contributed by atoms with Gasteiger partial charge >= 0.3 is 0 Å². The third-order valence-electron chi connectivity index (χ3n) is 6.36. The van der Waals surface area contributed by atoms with Crippen molar-refractivity contribution < 1.29 is 4.79 Å². The SMILES string of the molecule is CC(C(=O)NC12CC3CC(CC(C3)C1)C2)C1CNC1. The minimum Gasteiger partial charge on any atom is -0.350 e. The molecule has 1 aliphatic heterocycles. The van der Waals surface area contributed by atoms with Crippen molar-refractivity contribution in [2.75, 3.05) is 13.1 Å². The molecule has 3 heteroatoms. The van der Waals surface area contributed by atoms with Gasteiger partial charge in [0.15, 0.2) is 0 Å². The van der Waals surface area contributed by atoms with Gasteiger partial charge in [0, 0.05) is 11.5 Å². The molecule has 2 N–H and O–H groups in total. The highest BCUT2D eigenvalue weighted by atomic mass is 16.2. The van der Waals surface area contributed by atoms with Gasteiger partial charge in [-0.05, 0) is 75.3 Å². The van der Waals surface area contributed by atoms with Crippen LogP contribution in [-0.2, 0) is 4.79 Å². The topological polar surface area (TPSA) is 41.1 Å². The van der Waals surface area contributed by atoms with E-state index in [2.05, 4.69) is 17.6 Å². The van der Waals surface area contributed by atoms with Crippen molar-refractivity contribution in [3.05, 3.63) is 0 Å². The summed E-state index contributed by atoms with van der Waals surface area (Å²) in [6.07, 6.45) is 8.12. The van der Waals surface area contributed by atoms with Crippen LogP contribution in [0.1, 0.15) is 45.4 Å². The zero-order valence-electron chi connectivity index (χ0n) is 12.0. The third-order valence-corrected chi connectivity index (χ3v) is 6.36. The lowest BCUT2D eigenvalue weighted by Crippen LogP contribution is -2.61. The predicted molar refractivity (Wildman–Crippen MR) is 74.6 cm³/mol. The summed E-state index contributed by atoms with van der Waals surface area (Å²) in [6.45, 7) is 4.16. The quantitative estimate of drug-likeness (QED) is 0.816. The van der Waals surface area contributed by atoms with Crippen molar-refractivity contribution >= 4 is 5.91 Å². The van der Waals surface area contributed by atoms with Gasteiger partial charge in [-0.25, -0.2) is 0 Å². The fourth-order valence-electron chi connectivity index (χ4n) is 5.52. The van der Waals surface area contributed by atoms with Crippen molar-refractivity contribution in [2.24, 2.45) is 29.6 Å². The molecule has 3 nitrogen and oxygen atoms in total. The van der Waals surface area contributed by atoms with Gasteiger partial charge in [-0.1, -0.05) is 6.92 Å². The molecule has 5 fully saturated rings. The molecule has 0 aromatic heterocycles. The highest BCUT2D eigenvalue weighted by Crippen LogP contribution is 2.55. The van der Waals surface area contributed by atoms with Crippen LogP contribution in [0.4, 0.5) is 0 Å². The summed E-state index contributed by atoms with van der Waals surface area (Å²) in [6, 6.07) is 0. The van der Waals surface area contributed by atoms with E-state index < -0.39 is 0 Å². The molecule has 1 atom stereocenters. The molecule has 0 aromatic carbocycles. The minimum atomic E-state index is 0.189. The summed E-state index contributed by atoms with van der Waals surface area (Å²) in [5.74, 6) is 3.81. The lowest BCUT2D eigenvalue weighted by Gasteiger charge is -2.57. The van der Waals surface area contributed by atoms with E-state index in [1.54, 1.807) is 0 Å². The molecule has 1 saturated heterocycles. The van der Waals surface area contributed by atoms with Crippen LogP contribution in [0, 0.1) is 29.6 Å². The Morgan fingerprint density at radius 1 is 1.11 bits per heavy atom. The monoisotopic (exact) mass is 262 g/mol. The molecule has 1 heterocycles. The van der Waals surface area contributed by atoms with Crippen molar-refractivity contribution in [3.63, 3.8) is 0 Å². The van der Waals surface area contributed by atoms with Crippen LogP contribution in [0.15, 0.2) is 0 Å². The average molecular weight is 262 g/mol. The summed E-state index contributed by atoms with van der Waals surface area (Å²) >= 11 is 0. The molecule has 5 aliphatic rings. The standard InChI is InChI=1S/C16H26N2O/c1-10(14-8-17-9-14)15(19)18-16-5-11-2-12(6-16)4-13(3-11)7-16/h10-14,17H,2-9H2,1H3,(H,18,19). The molecule has 5 rings (SSSR count). The second kappa shape index (κ2) is 4.21. The number of hydrogen-bond donors (Lipinski definition) is 2. The number of nitrogens with one attached hydrogen (secondary N) is 2. The molecule has 19 heavy (non-hydrogen) atoms. The summed E-state index contributed by atoms with van der Waals surface area (Å²) in [4.78, 5) is 12.5. The summed E-state index contributed by atoms with van der Waals surface area (Å²) in [5.41, 5.74) is 0.192. The summed E-state index contributed by atoms with van der Waals surface area (Å²) < 4.78 is 0. The Balaban J connectivity index is 1.45. The zero-order chi connectivity index (χ0) is 13.0. The second-order valence-electron chi connectivity index (χ2n) is 7.89. The molecular weight excluding hydrogens is 236 g/mol. The number of rotatable bonds is 3. The smallest absolute Gasteiger partial charge is 0.223 e. The fraction of sp³-hybridized carbons (Fsp3) is 0.938. The van der Waals surface area contributed by atoms with Gasteiger partial charge in [-0.15, -0.1) is 0 Å². The number of hydrogen-bond acceptors (Lipinski definition) is 2. The number of carbonyl (C=O) groups is 1. The van der Waals surface area contributed by atoms with Crippen LogP contribution in [0.2, 0.25) is 0 Å². The lowest BCUT2D eigenvalue weighted by atomic mass is 9.53. The molecule has 1 unspecified atom stereocenters. The fourth-order valence-corrected chi connectivity index (χ4v) is 5.52. The minimum absolute atomic E-state index is 0.189. The van der Waals surface area contributed by atoms with E-state index in [9.17, 15) is 4.79 Å². The van der Waals surface area contributed by atoms with Crippen LogP contribution in [0.5, 0.6) is 0 Å². The van der Waals surface area contributed by atoms with Gasteiger partial charge < -0.3 is 10.6 Å². The number of carbonyl (C=O) groups excluding carboxylic acids is 1.